The van der Waals surface area contributed by atoms with Crippen LogP contribution in [0, 0.1) is 6.92 Å². The molecular formula is C24H25ClF3N7. The number of hydrogen-bond acceptors (Lipinski definition) is 6. The lowest BCUT2D eigenvalue weighted by molar-refractivity contribution is -0.200. The predicted molar refractivity (Wildman–Crippen MR) is 125 cm³/mol. The van der Waals surface area contributed by atoms with Crippen LogP contribution in [-0.4, -0.2) is 54.4 Å². The summed E-state index contributed by atoms with van der Waals surface area (Å²) >= 11 is 6.27. The lowest BCUT2D eigenvalue weighted by Crippen LogP contribution is -2.47. The van der Waals surface area contributed by atoms with Crippen molar-refractivity contribution in [2.45, 2.75) is 63.3 Å². The zero-order chi connectivity index (χ0) is 24.4. The Balaban J connectivity index is 1.33. The molecule has 3 aromatic rings. The molecule has 2 fully saturated rings. The highest BCUT2D eigenvalue weighted by atomic mass is 35.5. The van der Waals surface area contributed by atoms with Crippen molar-refractivity contribution in [2.75, 3.05) is 18.0 Å². The number of nitrogens with zero attached hydrogens (tertiary/aromatic N) is 7. The van der Waals surface area contributed by atoms with Crippen LogP contribution >= 0.6 is 11.6 Å². The SMILES string of the molecule is Cc1ccnc(N2CCC(c3nnc4n3-c3ccc(Cl)cc3CN(C3(C(F)(F)F)CC3)C4)CC2)n1. The number of rotatable bonds is 3. The summed E-state index contributed by atoms with van der Waals surface area (Å²) in [5.74, 6) is 2.19. The van der Waals surface area contributed by atoms with Gasteiger partial charge in [0.2, 0.25) is 5.95 Å². The fraction of sp³-hybridized carbons (Fsp3) is 0.500. The van der Waals surface area contributed by atoms with Crippen molar-refractivity contribution in [1.82, 2.24) is 29.6 Å². The Bertz CT molecular complexity index is 1260. The molecular weight excluding hydrogens is 479 g/mol. The average molecular weight is 504 g/mol. The molecule has 35 heavy (non-hydrogen) atoms. The van der Waals surface area contributed by atoms with Crippen LogP contribution in [0.2, 0.25) is 5.02 Å². The minimum Gasteiger partial charge on any atom is -0.341 e. The average Bonchev–Trinajstić information content (AvgIpc) is 3.58. The van der Waals surface area contributed by atoms with Crippen LogP contribution in [-0.2, 0) is 13.1 Å². The number of piperidine rings is 1. The number of benzene rings is 1. The second-order valence-electron chi connectivity index (χ2n) is 9.73. The highest BCUT2D eigenvalue weighted by Crippen LogP contribution is 2.55. The van der Waals surface area contributed by atoms with Crippen molar-refractivity contribution in [1.29, 1.82) is 0 Å². The molecule has 6 rings (SSSR count). The van der Waals surface area contributed by atoms with E-state index < -0.39 is 11.7 Å². The number of fused-ring (bicyclic) bond motifs is 3. The molecule has 2 aliphatic heterocycles. The van der Waals surface area contributed by atoms with Gasteiger partial charge in [0.1, 0.15) is 11.4 Å². The summed E-state index contributed by atoms with van der Waals surface area (Å²) in [5, 5.41) is 9.43. The fourth-order valence-electron chi connectivity index (χ4n) is 5.42. The molecule has 1 saturated heterocycles. The molecule has 0 spiro atoms. The van der Waals surface area contributed by atoms with E-state index in [0.717, 1.165) is 54.6 Å². The van der Waals surface area contributed by atoms with E-state index in [9.17, 15) is 13.2 Å². The predicted octanol–water partition coefficient (Wildman–Crippen LogP) is 4.81. The Hall–Kier alpha value is -2.72. The molecule has 11 heteroatoms. The Morgan fingerprint density at radius 1 is 1.06 bits per heavy atom. The van der Waals surface area contributed by atoms with E-state index in [1.807, 2.05) is 23.6 Å². The van der Waals surface area contributed by atoms with Crippen molar-refractivity contribution in [3.63, 3.8) is 0 Å². The Labute approximate surface area is 205 Å². The molecule has 0 radical (unpaired) electrons. The molecule has 0 N–H and O–H groups in total. The summed E-state index contributed by atoms with van der Waals surface area (Å²) < 4.78 is 44.0. The second-order valence-corrected chi connectivity index (χ2v) is 10.2. The summed E-state index contributed by atoms with van der Waals surface area (Å²) in [4.78, 5) is 12.6. The quantitative estimate of drug-likeness (QED) is 0.511. The van der Waals surface area contributed by atoms with Gasteiger partial charge in [0, 0.05) is 42.5 Å². The summed E-state index contributed by atoms with van der Waals surface area (Å²) in [6.45, 7) is 3.75. The zero-order valence-electron chi connectivity index (χ0n) is 19.3. The highest BCUT2D eigenvalue weighted by molar-refractivity contribution is 6.30. The smallest absolute Gasteiger partial charge is 0.341 e. The summed E-state index contributed by atoms with van der Waals surface area (Å²) in [5.41, 5.74) is 0.701. The van der Waals surface area contributed by atoms with Gasteiger partial charge in [-0.15, -0.1) is 10.2 Å². The van der Waals surface area contributed by atoms with E-state index >= 15 is 0 Å². The standard InChI is InChI=1S/C24H25ClF3N7/c1-15-4-9-29-22(30-15)33-10-5-16(6-11-33)21-32-31-20-14-34(23(7-8-23)24(26,27)28)13-17-12-18(25)2-3-19(17)35(20)21/h2-4,9,12,16H,5-8,10-11,13-14H2,1H3. The van der Waals surface area contributed by atoms with Gasteiger partial charge in [0.05, 0.1) is 12.2 Å². The third-order valence-electron chi connectivity index (χ3n) is 7.51. The van der Waals surface area contributed by atoms with E-state index in [-0.39, 0.29) is 31.8 Å². The van der Waals surface area contributed by atoms with Gasteiger partial charge in [-0.1, -0.05) is 11.6 Å². The van der Waals surface area contributed by atoms with E-state index in [1.54, 1.807) is 18.3 Å². The van der Waals surface area contributed by atoms with Gasteiger partial charge in [0.25, 0.3) is 0 Å². The minimum atomic E-state index is -4.30. The number of anilines is 1. The van der Waals surface area contributed by atoms with Crippen LogP contribution in [0.4, 0.5) is 19.1 Å². The number of alkyl halides is 3. The van der Waals surface area contributed by atoms with Crippen LogP contribution < -0.4 is 4.90 Å². The first-order chi connectivity index (χ1) is 16.7. The molecule has 0 amide bonds. The number of hydrogen-bond donors (Lipinski definition) is 0. The maximum absolute atomic E-state index is 14.0. The molecule has 0 atom stereocenters. The van der Waals surface area contributed by atoms with Crippen molar-refractivity contribution in [2.24, 2.45) is 0 Å². The van der Waals surface area contributed by atoms with Gasteiger partial charge >= 0.3 is 6.18 Å². The van der Waals surface area contributed by atoms with Crippen molar-refractivity contribution >= 4 is 17.5 Å². The van der Waals surface area contributed by atoms with E-state index in [2.05, 4.69) is 25.1 Å². The maximum atomic E-state index is 14.0. The van der Waals surface area contributed by atoms with E-state index in [1.165, 1.54) is 4.90 Å². The van der Waals surface area contributed by atoms with Gasteiger partial charge in [-0.2, -0.15) is 13.2 Å². The molecule has 1 saturated carbocycles. The maximum Gasteiger partial charge on any atom is 0.406 e. The molecule has 3 aliphatic rings. The molecule has 1 aromatic carbocycles. The largest absolute Gasteiger partial charge is 0.406 e. The Morgan fingerprint density at radius 3 is 2.51 bits per heavy atom. The van der Waals surface area contributed by atoms with Gasteiger partial charge in [-0.25, -0.2) is 9.97 Å². The molecule has 2 aromatic heterocycles. The number of aryl methyl sites for hydroxylation is 1. The molecule has 1 aliphatic carbocycles. The van der Waals surface area contributed by atoms with Crippen LogP contribution in [0.5, 0.6) is 0 Å². The van der Waals surface area contributed by atoms with Crippen LogP contribution in [0.3, 0.4) is 0 Å². The lowest BCUT2D eigenvalue weighted by atomic mass is 9.95. The molecule has 4 heterocycles. The minimum absolute atomic E-state index is 0.0920. The fourth-order valence-corrected chi connectivity index (χ4v) is 5.61. The molecule has 0 bridgehead atoms. The van der Waals surface area contributed by atoms with Crippen molar-refractivity contribution in [3.05, 3.63) is 58.4 Å². The van der Waals surface area contributed by atoms with Gasteiger partial charge in [0.15, 0.2) is 5.82 Å². The summed E-state index contributed by atoms with van der Waals surface area (Å²) in [7, 11) is 0. The van der Waals surface area contributed by atoms with Crippen LogP contribution in [0.15, 0.2) is 30.5 Å². The third-order valence-corrected chi connectivity index (χ3v) is 7.75. The van der Waals surface area contributed by atoms with Gasteiger partial charge in [-0.3, -0.25) is 9.47 Å². The summed E-state index contributed by atoms with van der Waals surface area (Å²) in [6, 6.07) is 7.30. The normalized spacial score (nSPS) is 20.3. The molecule has 7 nitrogen and oxygen atoms in total. The van der Waals surface area contributed by atoms with Crippen LogP contribution in [0.1, 0.15) is 54.5 Å². The number of aromatic nitrogens is 5. The van der Waals surface area contributed by atoms with Crippen LogP contribution in [0.25, 0.3) is 5.69 Å². The summed E-state index contributed by atoms with van der Waals surface area (Å²) in [6.07, 6.45) is -0.666. The zero-order valence-corrected chi connectivity index (χ0v) is 20.0. The van der Waals surface area contributed by atoms with Crippen molar-refractivity contribution < 1.29 is 13.2 Å². The van der Waals surface area contributed by atoms with Crippen molar-refractivity contribution in [3.8, 4) is 5.69 Å². The van der Waals surface area contributed by atoms with Gasteiger partial charge < -0.3 is 4.90 Å². The number of halogens is 4. The third kappa shape index (κ3) is 3.87. The molecule has 184 valence electrons. The molecule has 0 unspecified atom stereocenters. The van der Waals surface area contributed by atoms with E-state index in [4.69, 9.17) is 11.6 Å². The first-order valence-corrected chi connectivity index (χ1v) is 12.2. The Kier molecular flexibility index (Phi) is 5.30. The Morgan fingerprint density at radius 2 is 1.83 bits per heavy atom. The second kappa shape index (κ2) is 8.16. The van der Waals surface area contributed by atoms with Gasteiger partial charge in [-0.05, 0) is 62.4 Å². The van der Waals surface area contributed by atoms with E-state index in [0.29, 0.717) is 10.8 Å². The topological polar surface area (TPSA) is 63.0 Å². The lowest BCUT2D eigenvalue weighted by Gasteiger charge is -2.32. The highest BCUT2D eigenvalue weighted by Gasteiger charge is 2.66. The first kappa shape index (κ1) is 22.7. The monoisotopic (exact) mass is 503 g/mol. The first-order valence-electron chi connectivity index (χ1n) is 11.8.